The van der Waals surface area contributed by atoms with Gasteiger partial charge < -0.3 is 15.7 Å². The van der Waals surface area contributed by atoms with Crippen LogP contribution >= 0.6 is 11.8 Å². The Morgan fingerprint density at radius 3 is 3.05 bits per heavy atom. The second kappa shape index (κ2) is 6.75. The van der Waals surface area contributed by atoms with Crippen molar-refractivity contribution in [2.45, 2.75) is 23.5 Å². The molecule has 1 aromatic carbocycles. The van der Waals surface area contributed by atoms with Crippen molar-refractivity contribution in [3.05, 3.63) is 36.9 Å². The van der Waals surface area contributed by atoms with Gasteiger partial charge in [0, 0.05) is 17.2 Å². The summed E-state index contributed by atoms with van der Waals surface area (Å²) in [6.07, 6.45) is 1.87. The van der Waals surface area contributed by atoms with E-state index in [0.717, 1.165) is 16.3 Å². The number of aliphatic hydroxyl groups excluding tert-OH is 1. The molecule has 1 aliphatic rings. The van der Waals surface area contributed by atoms with Gasteiger partial charge in [0.15, 0.2) is 0 Å². The number of nitrogens with one attached hydrogen (secondary N) is 2. The monoisotopic (exact) mass is 278 g/mol. The zero-order valence-electron chi connectivity index (χ0n) is 10.6. The predicted octanol–water partition coefficient (Wildman–Crippen LogP) is 1.63. The van der Waals surface area contributed by atoms with E-state index >= 15 is 0 Å². The number of benzene rings is 1. The minimum absolute atomic E-state index is 0.0943. The molecule has 1 fully saturated rings. The Hall–Kier alpha value is -1.30. The van der Waals surface area contributed by atoms with E-state index in [1.807, 2.05) is 30.3 Å². The molecular weight excluding hydrogens is 260 g/mol. The van der Waals surface area contributed by atoms with E-state index < -0.39 is 6.10 Å². The van der Waals surface area contributed by atoms with E-state index in [0.29, 0.717) is 13.0 Å². The van der Waals surface area contributed by atoms with E-state index in [2.05, 4.69) is 17.2 Å². The standard InChI is InChI=1S/C14H18N2O2S/c1-2-7-19-13-6-4-3-5-11(13)16-14(18)12-8-10(17)9-15-12/h2-6,10,12,15,17H,1,7-9H2,(H,16,18). The summed E-state index contributed by atoms with van der Waals surface area (Å²) in [5, 5.41) is 15.3. The quantitative estimate of drug-likeness (QED) is 0.566. The molecule has 1 aliphatic heterocycles. The van der Waals surface area contributed by atoms with Gasteiger partial charge in [0.25, 0.3) is 0 Å². The zero-order valence-corrected chi connectivity index (χ0v) is 11.5. The summed E-state index contributed by atoms with van der Waals surface area (Å²) in [5.41, 5.74) is 0.808. The van der Waals surface area contributed by atoms with Gasteiger partial charge in [0.05, 0.1) is 17.8 Å². The van der Waals surface area contributed by atoms with Gasteiger partial charge in [-0.3, -0.25) is 4.79 Å². The number of amides is 1. The number of para-hydroxylation sites is 1. The Balaban J connectivity index is 2.01. The van der Waals surface area contributed by atoms with Gasteiger partial charge in [-0.05, 0) is 18.6 Å². The molecule has 3 N–H and O–H groups in total. The number of carbonyl (C=O) groups excluding carboxylic acids is 1. The van der Waals surface area contributed by atoms with Gasteiger partial charge in [0.1, 0.15) is 0 Å². The molecule has 102 valence electrons. The number of β-amino-alcohol motifs (C(OH)–C–C–N with tert-alkyl or cyclic N) is 1. The summed E-state index contributed by atoms with van der Waals surface area (Å²) in [6, 6.07) is 7.38. The van der Waals surface area contributed by atoms with Crippen LogP contribution in [0.25, 0.3) is 0 Å². The third kappa shape index (κ3) is 3.83. The fraction of sp³-hybridized carbons (Fsp3) is 0.357. The Kier molecular flexibility index (Phi) is 5.01. The van der Waals surface area contributed by atoms with Crippen LogP contribution in [0.15, 0.2) is 41.8 Å². The number of hydrogen-bond acceptors (Lipinski definition) is 4. The lowest BCUT2D eigenvalue weighted by Gasteiger charge is -2.13. The minimum Gasteiger partial charge on any atom is -0.392 e. The number of anilines is 1. The predicted molar refractivity (Wildman–Crippen MR) is 78.4 cm³/mol. The molecule has 2 unspecified atom stereocenters. The van der Waals surface area contributed by atoms with E-state index in [-0.39, 0.29) is 11.9 Å². The second-order valence-corrected chi connectivity index (χ2v) is 5.50. The molecule has 2 atom stereocenters. The minimum atomic E-state index is -0.430. The van der Waals surface area contributed by atoms with Crippen molar-refractivity contribution < 1.29 is 9.90 Å². The van der Waals surface area contributed by atoms with Gasteiger partial charge in [-0.15, -0.1) is 18.3 Å². The molecule has 1 heterocycles. The fourth-order valence-corrected chi connectivity index (χ4v) is 2.73. The van der Waals surface area contributed by atoms with Crippen molar-refractivity contribution in [1.82, 2.24) is 5.32 Å². The normalized spacial score (nSPS) is 22.2. The lowest BCUT2D eigenvalue weighted by atomic mass is 10.2. The van der Waals surface area contributed by atoms with Gasteiger partial charge in [-0.25, -0.2) is 0 Å². The molecule has 2 rings (SSSR count). The number of aliphatic hydroxyl groups is 1. The molecule has 0 bridgehead atoms. The largest absolute Gasteiger partial charge is 0.392 e. The van der Waals surface area contributed by atoms with Crippen molar-refractivity contribution in [3.63, 3.8) is 0 Å². The summed E-state index contributed by atoms with van der Waals surface area (Å²) in [5.74, 6) is 0.705. The van der Waals surface area contributed by atoms with Crippen LogP contribution < -0.4 is 10.6 Å². The van der Waals surface area contributed by atoms with Crippen LogP contribution in [0.5, 0.6) is 0 Å². The molecule has 4 nitrogen and oxygen atoms in total. The first-order valence-corrected chi connectivity index (χ1v) is 7.24. The Morgan fingerprint density at radius 2 is 2.37 bits per heavy atom. The average Bonchev–Trinajstić information content (AvgIpc) is 2.84. The van der Waals surface area contributed by atoms with Crippen LogP contribution in [0.1, 0.15) is 6.42 Å². The summed E-state index contributed by atoms with van der Waals surface area (Å²) >= 11 is 1.63. The molecule has 1 saturated heterocycles. The maximum atomic E-state index is 12.1. The highest BCUT2D eigenvalue weighted by atomic mass is 32.2. The highest BCUT2D eigenvalue weighted by Crippen LogP contribution is 2.27. The van der Waals surface area contributed by atoms with Crippen molar-refractivity contribution in [1.29, 1.82) is 0 Å². The maximum absolute atomic E-state index is 12.1. The fourth-order valence-electron chi connectivity index (χ4n) is 1.98. The third-order valence-electron chi connectivity index (χ3n) is 2.93. The van der Waals surface area contributed by atoms with Crippen LogP contribution in [-0.4, -0.2) is 35.5 Å². The van der Waals surface area contributed by atoms with Crippen LogP contribution in [0.2, 0.25) is 0 Å². The topological polar surface area (TPSA) is 61.4 Å². The van der Waals surface area contributed by atoms with Crippen LogP contribution in [-0.2, 0) is 4.79 Å². The summed E-state index contributed by atoms with van der Waals surface area (Å²) < 4.78 is 0. The van der Waals surface area contributed by atoms with E-state index in [9.17, 15) is 9.90 Å². The molecular formula is C14H18N2O2S. The van der Waals surface area contributed by atoms with Gasteiger partial charge in [0.2, 0.25) is 5.91 Å². The van der Waals surface area contributed by atoms with Crippen molar-refractivity contribution >= 4 is 23.4 Å². The number of rotatable bonds is 5. The Morgan fingerprint density at radius 1 is 1.58 bits per heavy atom. The van der Waals surface area contributed by atoms with E-state index in [1.165, 1.54) is 0 Å². The molecule has 19 heavy (non-hydrogen) atoms. The van der Waals surface area contributed by atoms with Crippen LogP contribution in [0.3, 0.4) is 0 Å². The number of carbonyl (C=O) groups is 1. The van der Waals surface area contributed by atoms with Crippen molar-refractivity contribution in [2.75, 3.05) is 17.6 Å². The van der Waals surface area contributed by atoms with Gasteiger partial charge in [-0.1, -0.05) is 18.2 Å². The zero-order chi connectivity index (χ0) is 13.7. The smallest absolute Gasteiger partial charge is 0.241 e. The summed E-state index contributed by atoms with van der Waals surface area (Å²) in [4.78, 5) is 13.1. The number of thioether (sulfide) groups is 1. The molecule has 0 radical (unpaired) electrons. The SMILES string of the molecule is C=CCSc1ccccc1NC(=O)C1CC(O)CN1. The molecule has 1 aromatic rings. The average molecular weight is 278 g/mol. The van der Waals surface area contributed by atoms with Crippen molar-refractivity contribution in [3.8, 4) is 0 Å². The highest BCUT2D eigenvalue weighted by Gasteiger charge is 2.28. The maximum Gasteiger partial charge on any atom is 0.241 e. The molecule has 0 saturated carbocycles. The lowest BCUT2D eigenvalue weighted by molar-refractivity contribution is -0.117. The highest BCUT2D eigenvalue weighted by molar-refractivity contribution is 7.99. The molecule has 5 heteroatoms. The lowest BCUT2D eigenvalue weighted by Crippen LogP contribution is -2.35. The van der Waals surface area contributed by atoms with E-state index in [1.54, 1.807) is 11.8 Å². The van der Waals surface area contributed by atoms with Crippen molar-refractivity contribution in [2.24, 2.45) is 0 Å². The third-order valence-corrected chi connectivity index (χ3v) is 4.00. The molecule has 0 aliphatic carbocycles. The summed E-state index contributed by atoms with van der Waals surface area (Å²) in [7, 11) is 0. The molecule has 0 spiro atoms. The molecule has 0 aromatic heterocycles. The van der Waals surface area contributed by atoms with Crippen LogP contribution in [0.4, 0.5) is 5.69 Å². The first kappa shape index (κ1) is 14.1. The van der Waals surface area contributed by atoms with E-state index in [4.69, 9.17) is 0 Å². The first-order valence-electron chi connectivity index (χ1n) is 6.25. The van der Waals surface area contributed by atoms with Gasteiger partial charge in [-0.2, -0.15) is 0 Å². The van der Waals surface area contributed by atoms with Gasteiger partial charge >= 0.3 is 0 Å². The first-order chi connectivity index (χ1) is 9.20. The van der Waals surface area contributed by atoms with Crippen LogP contribution in [0, 0.1) is 0 Å². The second-order valence-electron chi connectivity index (χ2n) is 4.44. The Labute approximate surface area is 117 Å². The summed E-state index contributed by atoms with van der Waals surface area (Å²) in [6.45, 7) is 4.17. The number of hydrogen-bond donors (Lipinski definition) is 3. The molecule has 1 amide bonds. The Bertz CT molecular complexity index is 465.